The molecule has 2 aromatic heterocycles. The van der Waals surface area contributed by atoms with Gasteiger partial charge in [-0.3, -0.25) is 10.1 Å². The van der Waals surface area contributed by atoms with Gasteiger partial charge < -0.3 is 5.32 Å². The maximum atomic E-state index is 11.0. The molecule has 0 bridgehead atoms. The van der Waals surface area contributed by atoms with Crippen LogP contribution >= 0.6 is 0 Å². The Bertz CT molecular complexity index is 1230. The number of pyridine rings is 1. The van der Waals surface area contributed by atoms with E-state index in [1.54, 1.807) is 6.07 Å². The highest BCUT2D eigenvalue weighted by molar-refractivity contribution is 5.64. The first-order chi connectivity index (χ1) is 14.7. The van der Waals surface area contributed by atoms with E-state index in [-0.39, 0.29) is 11.4 Å². The molecule has 0 saturated carbocycles. The zero-order chi connectivity index (χ0) is 20.9. The lowest BCUT2D eigenvalue weighted by molar-refractivity contribution is -0.385. The Morgan fingerprint density at radius 3 is 2.40 bits per heavy atom. The Kier molecular flexibility index (Phi) is 5.17. The molecule has 0 spiro atoms. The highest BCUT2D eigenvalue weighted by Gasteiger charge is 2.16. The molecular weight excluding hydrogens is 380 g/mol. The van der Waals surface area contributed by atoms with Gasteiger partial charge in [-0.2, -0.15) is 10.4 Å². The number of hydrogen-bond acceptors (Lipinski definition) is 6. The van der Waals surface area contributed by atoms with Crippen molar-refractivity contribution in [1.82, 2.24) is 14.8 Å². The van der Waals surface area contributed by atoms with Crippen LogP contribution in [-0.2, 0) is 6.54 Å². The molecule has 146 valence electrons. The van der Waals surface area contributed by atoms with E-state index < -0.39 is 4.92 Å². The molecule has 0 atom stereocenters. The van der Waals surface area contributed by atoms with Crippen molar-refractivity contribution in [2.75, 3.05) is 5.32 Å². The maximum Gasteiger partial charge on any atom is 0.305 e. The lowest BCUT2D eigenvalue weighted by Gasteiger charge is -2.06. The number of nitro groups is 1. The second kappa shape index (κ2) is 8.24. The van der Waals surface area contributed by atoms with Gasteiger partial charge in [0.25, 0.3) is 0 Å². The van der Waals surface area contributed by atoms with E-state index in [4.69, 9.17) is 10.4 Å². The molecule has 2 heterocycles. The number of nitrogens with zero attached hydrogens (tertiary/aromatic N) is 5. The average Bonchev–Trinajstić information content (AvgIpc) is 3.23. The molecule has 0 radical (unpaired) electrons. The number of para-hydroxylation sites is 1. The van der Waals surface area contributed by atoms with Crippen molar-refractivity contribution >= 4 is 11.5 Å². The van der Waals surface area contributed by atoms with Gasteiger partial charge >= 0.3 is 5.69 Å². The van der Waals surface area contributed by atoms with Crippen LogP contribution in [0.15, 0.2) is 79.0 Å². The van der Waals surface area contributed by atoms with Gasteiger partial charge in [-0.05, 0) is 18.2 Å². The summed E-state index contributed by atoms with van der Waals surface area (Å²) < 4.78 is 1.81. The van der Waals surface area contributed by atoms with Crippen molar-refractivity contribution in [2.45, 2.75) is 6.54 Å². The third-order valence-electron chi connectivity index (χ3n) is 4.49. The van der Waals surface area contributed by atoms with Gasteiger partial charge in [-0.1, -0.05) is 48.5 Å². The van der Waals surface area contributed by atoms with Crippen LogP contribution in [0.1, 0.15) is 11.3 Å². The van der Waals surface area contributed by atoms with E-state index in [9.17, 15) is 10.1 Å². The molecule has 4 aromatic rings. The summed E-state index contributed by atoms with van der Waals surface area (Å²) in [6.45, 7) is 0.382. The molecular formula is C22H16N6O2. The number of benzene rings is 2. The Balaban J connectivity index is 1.66. The first-order valence-electron chi connectivity index (χ1n) is 9.14. The van der Waals surface area contributed by atoms with Gasteiger partial charge in [0.1, 0.15) is 11.9 Å². The third kappa shape index (κ3) is 3.86. The molecule has 0 saturated heterocycles. The Morgan fingerprint density at radius 1 is 1.03 bits per heavy atom. The van der Waals surface area contributed by atoms with E-state index >= 15 is 0 Å². The molecule has 1 N–H and O–H groups in total. The summed E-state index contributed by atoms with van der Waals surface area (Å²) in [5.74, 6) is 0.378. The monoisotopic (exact) mass is 396 g/mol. The first-order valence-corrected chi connectivity index (χ1v) is 9.14. The lowest BCUT2D eigenvalue weighted by atomic mass is 10.1. The van der Waals surface area contributed by atoms with Crippen molar-refractivity contribution in [3.05, 3.63) is 100 Å². The first kappa shape index (κ1) is 18.8. The smallest absolute Gasteiger partial charge is 0.305 e. The van der Waals surface area contributed by atoms with Crippen LogP contribution in [0.2, 0.25) is 0 Å². The van der Waals surface area contributed by atoms with Gasteiger partial charge in [0.05, 0.1) is 16.3 Å². The second-order valence-corrected chi connectivity index (χ2v) is 6.44. The summed E-state index contributed by atoms with van der Waals surface area (Å²) in [5, 5.41) is 28.0. The predicted molar refractivity (Wildman–Crippen MR) is 112 cm³/mol. The van der Waals surface area contributed by atoms with E-state index in [0.717, 1.165) is 22.5 Å². The summed E-state index contributed by atoms with van der Waals surface area (Å²) in [6, 6.07) is 24.1. The number of nitrogens with one attached hydrogen (secondary N) is 1. The summed E-state index contributed by atoms with van der Waals surface area (Å²) in [6.07, 6.45) is 1.93. The minimum atomic E-state index is -0.618. The van der Waals surface area contributed by atoms with E-state index in [1.807, 2.05) is 71.5 Å². The van der Waals surface area contributed by atoms with Crippen molar-refractivity contribution in [2.24, 2.45) is 0 Å². The van der Waals surface area contributed by atoms with Gasteiger partial charge in [0, 0.05) is 29.9 Å². The zero-order valence-electron chi connectivity index (χ0n) is 15.8. The number of hydrogen-bond donors (Lipinski definition) is 1. The van der Waals surface area contributed by atoms with Crippen LogP contribution in [0.3, 0.4) is 0 Å². The lowest BCUT2D eigenvalue weighted by Crippen LogP contribution is -2.04. The van der Waals surface area contributed by atoms with E-state index in [1.165, 1.54) is 12.1 Å². The summed E-state index contributed by atoms with van der Waals surface area (Å²) >= 11 is 0. The summed E-state index contributed by atoms with van der Waals surface area (Å²) in [5.41, 5.74) is 3.09. The summed E-state index contributed by atoms with van der Waals surface area (Å²) in [7, 11) is 0. The number of aromatic nitrogens is 3. The Morgan fingerprint density at radius 2 is 1.73 bits per heavy atom. The van der Waals surface area contributed by atoms with Crippen molar-refractivity contribution in [3.8, 4) is 23.0 Å². The maximum absolute atomic E-state index is 11.0. The SMILES string of the molecule is N#Cc1nc(NCc2cn(-c3ccccc3)nc2-c2ccccc2)ccc1[N+](=O)[O-]. The quantitative estimate of drug-likeness (QED) is 0.384. The van der Waals surface area contributed by atoms with Crippen LogP contribution in [0, 0.1) is 21.4 Å². The standard InChI is InChI=1S/C22H16N6O2/c23-13-19-20(28(29)30)11-12-21(25-19)24-14-17-15-27(18-9-5-2-6-10-18)26-22(17)16-7-3-1-4-8-16/h1-12,15H,14H2,(H,24,25). The Labute approximate surface area is 172 Å². The fourth-order valence-corrected chi connectivity index (χ4v) is 3.06. The molecule has 0 amide bonds. The molecule has 2 aromatic carbocycles. The highest BCUT2D eigenvalue weighted by Crippen LogP contribution is 2.25. The van der Waals surface area contributed by atoms with E-state index in [2.05, 4.69) is 10.3 Å². The minimum Gasteiger partial charge on any atom is -0.366 e. The van der Waals surface area contributed by atoms with Crippen LogP contribution in [0.5, 0.6) is 0 Å². The molecule has 0 aliphatic carbocycles. The predicted octanol–water partition coefficient (Wildman–Crippen LogP) is 4.33. The molecule has 0 unspecified atom stereocenters. The van der Waals surface area contributed by atoms with Gasteiger partial charge in [-0.15, -0.1) is 0 Å². The zero-order valence-corrected chi connectivity index (χ0v) is 15.8. The largest absolute Gasteiger partial charge is 0.366 e. The van der Waals surface area contributed by atoms with Gasteiger partial charge in [0.15, 0.2) is 0 Å². The molecule has 0 aliphatic rings. The second-order valence-electron chi connectivity index (χ2n) is 6.44. The van der Waals surface area contributed by atoms with Crippen molar-refractivity contribution in [1.29, 1.82) is 5.26 Å². The normalized spacial score (nSPS) is 10.4. The minimum absolute atomic E-state index is 0.228. The van der Waals surface area contributed by atoms with Crippen LogP contribution in [-0.4, -0.2) is 19.7 Å². The molecule has 8 heteroatoms. The number of rotatable bonds is 6. The van der Waals surface area contributed by atoms with Crippen molar-refractivity contribution in [3.63, 3.8) is 0 Å². The fraction of sp³-hybridized carbons (Fsp3) is 0.0455. The number of anilines is 1. The third-order valence-corrected chi connectivity index (χ3v) is 4.49. The average molecular weight is 396 g/mol. The van der Waals surface area contributed by atoms with Crippen LogP contribution in [0.4, 0.5) is 11.5 Å². The van der Waals surface area contributed by atoms with Gasteiger partial charge in [-0.25, -0.2) is 9.67 Å². The Hall–Kier alpha value is -4.51. The molecule has 0 aliphatic heterocycles. The van der Waals surface area contributed by atoms with Crippen LogP contribution in [0.25, 0.3) is 16.9 Å². The number of nitriles is 1. The highest BCUT2D eigenvalue weighted by atomic mass is 16.6. The topological polar surface area (TPSA) is 110 Å². The molecule has 0 fully saturated rings. The van der Waals surface area contributed by atoms with E-state index in [0.29, 0.717) is 12.4 Å². The molecule has 8 nitrogen and oxygen atoms in total. The summed E-state index contributed by atoms with van der Waals surface area (Å²) in [4.78, 5) is 14.4. The van der Waals surface area contributed by atoms with Crippen molar-refractivity contribution < 1.29 is 4.92 Å². The molecule has 4 rings (SSSR count). The molecule has 30 heavy (non-hydrogen) atoms. The van der Waals surface area contributed by atoms with Crippen LogP contribution < -0.4 is 5.32 Å². The fourth-order valence-electron chi connectivity index (χ4n) is 3.06. The van der Waals surface area contributed by atoms with Gasteiger partial charge in [0.2, 0.25) is 5.69 Å².